The number of piperazine rings is 1. The first-order valence-corrected chi connectivity index (χ1v) is 10.2. The van der Waals surface area contributed by atoms with Crippen molar-refractivity contribution in [3.05, 3.63) is 66.0 Å². The topological polar surface area (TPSA) is 86.4 Å². The molecule has 1 aromatic carbocycles. The van der Waals surface area contributed by atoms with E-state index in [0.29, 0.717) is 18.5 Å². The Morgan fingerprint density at radius 1 is 1.06 bits per heavy atom. The van der Waals surface area contributed by atoms with Gasteiger partial charge in [-0.15, -0.1) is 24.8 Å². The summed E-state index contributed by atoms with van der Waals surface area (Å²) >= 11 is 0. The second-order valence-electron chi connectivity index (χ2n) is 7.19. The Morgan fingerprint density at radius 2 is 1.81 bits per heavy atom. The lowest BCUT2D eigenvalue weighted by atomic mass is 10.1. The molecule has 1 aliphatic heterocycles. The van der Waals surface area contributed by atoms with Crippen LogP contribution >= 0.6 is 24.8 Å². The summed E-state index contributed by atoms with van der Waals surface area (Å²) in [5.74, 6) is -0.422. The molecule has 0 spiro atoms. The maximum Gasteiger partial charge on any atom is 0.251 e. The Morgan fingerprint density at radius 3 is 2.48 bits per heavy atom. The van der Waals surface area contributed by atoms with Gasteiger partial charge in [0.15, 0.2) is 0 Å². The van der Waals surface area contributed by atoms with Gasteiger partial charge in [0.05, 0.1) is 0 Å². The minimum atomic E-state index is -0.647. The van der Waals surface area contributed by atoms with Crippen molar-refractivity contribution in [3.63, 3.8) is 0 Å². The number of halogens is 2. The fourth-order valence-electron chi connectivity index (χ4n) is 3.37. The van der Waals surface area contributed by atoms with E-state index in [0.717, 1.165) is 44.7 Å². The molecule has 1 aromatic heterocycles. The Balaban J connectivity index is 0.00000240. The minimum Gasteiger partial charge on any atom is -0.354 e. The van der Waals surface area contributed by atoms with E-state index in [-0.39, 0.29) is 36.6 Å². The molecule has 1 unspecified atom stereocenters. The molecule has 3 N–H and O–H groups in total. The molecule has 0 aliphatic carbocycles. The predicted molar refractivity (Wildman–Crippen MR) is 127 cm³/mol. The molecular weight excluding hydrogens is 437 g/mol. The van der Waals surface area contributed by atoms with Crippen LogP contribution in [0.5, 0.6) is 0 Å². The van der Waals surface area contributed by atoms with Crippen LogP contribution in [0.2, 0.25) is 0 Å². The van der Waals surface area contributed by atoms with Crippen LogP contribution in [0.15, 0.2) is 54.9 Å². The van der Waals surface area contributed by atoms with Gasteiger partial charge < -0.3 is 20.9 Å². The average Bonchev–Trinajstić information content (AvgIpc) is 2.78. The van der Waals surface area contributed by atoms with Gasteiger partial charge in [0, 0.05) is 57.1 Å². The Hall–Kier alpha value is -2.19. The summed E-state index contributed by atoms with van der Waals surface area (Å²) in [6.45, 7) is 5.69. The number of aromatic nitrogens is 1. The van der Waals surface area contributed by atoms with Gasteiger partial charge in [-0.3, -0.25) is 14.6 Å². The van der Waals surface area contributed by atoms with Gasteiger partial charge >= 0.3 is 0 Å². The number of amides is 2. The number of nitrogens with one attached hydrogen (secondary N) is 3. The van der Waals surface area contributed by atoms with E-state index < -0.39 is 6.04 Å². The molecule has 2 aromatic rings. The zero-order valence-corrected chi connectivity index (χ0v) is 19.1. The van der Waals surface area contributed by atoms with Crippen LogP contribution in [0, 0.1) is 0 Å². The van der Waals surface area contributed by atoms with Gasteiger partial charge in [-0.1, -0.05) is 24.3 Å². The van der Waals surface area contributed by atoms with Crippen LogP contribution in [-0.2, 0) is 11.2 Å². The van der Waals surface area contributed by atoms with Gasteiger partial charge in [0.1, 0.15) is 6.04 Å². The molecule has 1 atom stereocenters. The lowest BCUT2D eigenvalue weighted by molar-refractivity contribution is -0.122. The number of nitrogens with zero attached hydrogens (tertiary/aromatic N) is 2. The molecule has 9 heteroatoms. The van der Waals surface area contributed by atoms with Crippen LogP contribution in [0.4, 0.5) is 0 Å². The number of pyridine rings is 1. The van der Waals surface area contributed by atoms with Crippen LogP contribution in [0.25, 0.3) is 0 Å². The van der Waals surface area contributed by atoms with E-state index in [1.54, 1.807) is 36.7 Å². The van der Waals surface area contributed by atoms with Crippen molar-refractivity contribution in [3.8, 4) is 0 Å². The number of benzene rings is 1. The number of carbonyl (C=O) groups is 2. The zero-order valence-electron chi connectivity index (χ0n) is 17.5. The van der Waals surface area contributed by atoms with E-state index in [1.807, 2.05) is 18.2 Å². The average molecular weight is 468 g/mol. The van der Waals surface area contributed by atoms with Crippen molar-refractivity contribution in [2.75, 3.05) is 39.3 Å². The molecule has 0 saturated carbocycles. The molecular formula is C22H31Cl2N5O2. The first-order valence-electron chi connectivity index (χ1n) is 10.2. The number of rotatable bonds is 9. The Labute approximate surface area is 196 Å². The van der Waals surface area contributed by atoms with Gasteiger partial charge in [-0.25, -0.2) is 0 Å². The highest BCUT2D eigenvalue weighted by Gasteiger charge is 2.22. The standard InChI is InChI=1S/C22H29N5O2.2ClH/c28-21(19-7-2-1-3-8-19)26-20(16-18-6-4-9-24-17-18)22(29)25-10-5-13-27-14-11-23-12-15-27;;/h1-4,6-9,17,20,23H,5,10-16H2,(H,25,29)(H,26,28);2*1H. The Kier molecular flexibility index (Phi) is 12.8. The lowest BCUT2D eigenvalue weighted by Gasteiger charge is -2.27. The summed E-state index contributed by atoms with van der Waals surface area (Å²) in [6, 6.07) is 12.0. The van der Waals surface area contributed by atoms with Gasteiger partial charge in [0.25, 0.3) is 5.91 Å². The normalized spacial score (nSPS) is 14.5. The first-order chi connectivity index (χ1) is 14.2. The van der Waals surface area contributed by atoms with Gasteiger partial charge in [-0.2, -0.15) is 0 Å². The second kappa shape index (κ2) is 14.8. The molecule has 170 valence electrons. The van der Waals surface area contributed by atoms with Crippen LogP contribution in [0.1, 0.15) is 22.3 Å². The molecule has 7 nitrogen and oxygen atoms in total. The molecule has 0 bridgehead atoms. The monoisotopic (exact) mass is 467 g/mol. The summed E-state index contributed by atoms with van der Waals surface area (Å²) in [7, 11) is 0. The molecule has 3 rings (SSSR count). The largest absolute Gasteiger partial charge is 0.354 e. The van der Waals surface area contributed by atoms with E-state index in [9.17, 15) is 9.59 Å². The maximum absolute atomic E-state index is 12.8. The highest BCUT2D eigenvalue weighted by atomic mass is 35.5. The van der Waals surface area contributed by atoms with Crippen molar-refractivity contribution < 1.29 is 9.59 Å². The molecule has 2 heterocycles. The fourth-order valence-corrected chi connectivity index (χ4v) is 3.37. The number of carbonyl (C=O) groups excluding carboxylic acids is 2. The van der Waals surface area contributed by atoms with Crippen LogP contribution < -0.4 is 16.0 Å². The lowest BCUT2D eigenvalue weighted by Crippen LogP contribution is -2.49. The summed E-state index contributed by atoms with van der Waals surface area (Å²) in [4.78, 5) is 31.9. The second-order valence-corrected chi connectivity index (χ2v) is 7.19. The van der Waals surface area contributed by atoms with Crippen LogP contribution in [0.3, 0.4) is 0 Å². The minimum absolute atomic E-state index is 0. The van der Waals surface area contributed by atoms with Gasteiger partial charge in [-0.05, 0) is 36.7 Å². The number of hydrogen-bond donors (Lipinski definition) is 3. The number of hydrogen-bond acceptors (Lipinski definition) is 5. The first kappa shape index (κ1) is 26.8. The third kappa shape index (κ3) is 9.23. The van der Waals surface area contributed by atoms with E-state index in [4.69, 9.17) is 0 Å². The Bertz CT molecular complexity index is 774. The summed E-state index contributed by atoms with van der Waals surface area (Å²) in [6.07, 6.45) is 4.70. The fraction of sp³-hybridized carbons (Fsp3) is 0.409. The molecule has 1 fully saturated rings. The van der Waals surface area contributed by atoms with Crippen molar-refractivity contribution in [1.29, 1.82) is 0 Å². The van der Waals surface area contributed by atoms with Crippen molar-refractivity contribution in [2.45, 2.75) is 18.9 Å². The zero-order chi connectivity index (χ0) is 20.3. The van der Waals surface area contributed by atoms with Gasteiger partial charge in [0.2, 0.25) is 5.91 Å². The molecule has 0 radical (unpaired) electrons. The predicted octanol–water partition coefficient (Wildman–Crippen LogP) is 1.68. The van der Waals surface area contributed by atoms with E-state index in [1.165, 1.54) is 0 Å². The smallest absolute Gasteiger partial charge is 0.251 e. The highest BCUT2D eigenvalue weighted by molar-refractivity contribution is 5.97. The van der Waals surface area contributed by atoms with Crippen molar-refractivity contribution in [2.24, 2.45) is 0 Å². The van der Waals surface area contributed by atoms with Crippen LogP contribution in [-0.4, -0.2) is 67.0 Å². The molecule has 1 saturated heterocycles. The quantitative estimate of drug-likeness (QED) is 0.488. The summed E-state index contributed by atoms with van der Waals surface area (Å²) in [5, 5.41) is 9.19. The maximum atomic E-state index is 12.8. The third-order valence-electron chi connectivity index (χ3n) is 4.98. The van der Waals surface area contributed by atoms with Crippen molar-refractivity contribution in [1.82, 2.24) is 25.8 Å². The molecule has 1 aliphatic rings. The highest BCUT2D eigenvalue weighted by Crippen LogP contribution is 2.05. The summed E-state index contributed by atoms with van der Waals surface area (Å²) < 4.78 is 0. The van der Waals surface area contributed by atoms with E-state index in [2.05, 4.69) is 25.8 Å². The molecule has 31 heavy (non-hydrogen) atoms. The van der Waals surface area contributed by atoms with E-state index >= 15 is 0 Å². The third-order valence-corrected chi connectivity index (χ3v) is 4.98. The summed E-state index contributed by atoms with van der Waals surface area (Å²) in [5.41, 5.74) is 1.44. The SMILES string of the molecule is Cl.Cl.O=C(NC(Cc1cccnc1)C(=O)NCCCN1CCNCC1)c1ccccc1. The molecule has 2 amide bonds. The van der Waals surface area contributed by atoms with Crippen molar-refractivity contribution >= 4 is 36.6 Å².